The summed E-state index contributed by atoms with van der Waals surface area (Å²) in [6, 6.07) is 17.1. The lowest BCUT2D eigenvalue weighted by atomic mass is 10.1. The van der Waals surface area contributed by atoms with E-state index in [0.29, 0.717) is 41.7 Å². The van der Waals surface area contributed by atoms with Gasteiger partial charge in [0.25, 0.3) is 17.5 Å². The van der Waals surface area contributed by atoms with Crippen molar-refractivity contribution in [2.45, 2.75) is 13.8 Å². The van der Waals surface area contributed by atoms with Crippen LogP contribution in [0, 0.1) is 10.1 Å². The van der Waals surface area contributed by atoms with E-state index >= 15 is 0 Å². The zero-order valence-corrected chi connectivity index (χ0v) is 18.2. The van der Waals surface area contributed by atoms with Crippen molar-refractivity contribution in [3.8, 4) is 11.5 Å². The van der Waals surface area contributed by atoms with Crippen LogP contribution in [0.3, 0.4) is 0 Å². The first-order valence-corrected chi connectivity index (χ1v) is 10.3. The van der Waals surface area contributed by atoms with Gasteiger partial charge in [0.05, 0.1) is 29.5 Å². The van der Waals surface area contributed by atoms with Crippen molar-refractivity contribution < 1.29 is 24.0 Å². The topological polar surface area (TPSA) is 120 Å². The molecule has 9 heteroatoms. The molecule has 3 aromatic carbocycles. The number of nitrogens with one attached hydrogen (secondary N) is 2. The number of hydrogen-bond donors (Lipinski definition) is 2. The smallest absolute Gasteiger partial charge is 0.269 e. The van der Waals surface area contributed by atoms with Crippen LogP contribution in [0.15, 0.2) is 66.7 Å². The lowest BCUT2D eigenvalue weighted by Crippen LogP contribution is -2.15. The van der Waals surface area contributed by atoms with E-state index in [1.807, 2.05) is 6.07 Å². The number of rotatable bonds is 9. The summed E-state index contributed by atoms with van der Waals surface area (Å²) in [4.78, 5) is 35.7. The molecule has 0 aliphatic carbocycles. The maximum Gasteiger partial charge on any atom is 0.269 e. The third kappa shape index (κ3) is 5.85. The first-order chi connectivity index (χ1) is 15.9. The van der Waals surface area contributed by atoms with Gasteiger partial charge in [-0.3, -0.25) is 19.7 Å². The van der Waals surface area contributed by atoms with E-state index < -0.39 is 10.8 Å². The Hall–Kier alpha value is -4.40. The van der Waals surface area contributed by atoms with Crippen molar-refractivity contribution >= 4 is 28.9 Å². The Morgan fingerprint density at radius 2 is 1.24 bits per heavy atom. The monoisotopic (exact) mass is 449 g/mol. The number of ether oxygens (including phenoxy) is 2. The zero-order chi connectivity index (χ0) is 23.8. The fourth-order valence-corrected chi connectivity index (χ4v) is 3.02. The van der Waals surface area contributed by atoms with Crippen molar-refractivity contribution in [1.82, 2.24) is 0 Å². The van der Waals surface area contributed by atoms with Gasteiger partial charge in [0.15, 0.2) is 0 Å². The Bertz CT molecular complexity index is 1150. The molecular formula is C24H23N3O6. The number of amides is 2. The predicted molar refractivity (Wildman–Crippen MR) is 124 cm³/mol. The van der Waals surface area contributed by atoms with Gasteiger partial charge in [-0.2, -0.15) is 0 Å². The van der Waals surface area contributed by atoms with Gasteiger partial charge in [-0.1, -0.05) is 18.2 Å². The molecule has 9 nitrogen and oxygen atoms in total. The van der Waals surface area contributed by atoms with E-state index in [4.69, 9.17) is 9.47 Å². The highest BCUT2D eigenvalue weighted by Gasteiger charge is 2.18. The molecule has 0 aliphatic heterocycles. The molecule has 0 saturated carbocycles. The van der Waals surface area contributed by atoms with Crippen LogP contribution in [0.2, 0.25) is 0 Å². The van der Waals surface area contributed by atoms with Crippen LogP contribution in [0.1, 0.15) is 34.6 Å². The van der Waals surface area contributed by atoms with Gasteiger partial charge in [0.2, 0.25) is 0 Å². The highest BCUT2D eigenvalue weighted by atomic mass is 16.6. The van der Waals surface area contributed by atoms with Crippen LogP contribution >= 0.6 is 0 Å². The van der Waals surface area contributed by atoms with Gasteiger partial charge >= 0.3 is 0 Å². The van der Waals surface area contributed by atoms with E-state index in [9.17, 15) is 19.7 Å². The summed E-state index contributed by atoms with van der Waals surface area (Å²) in [5.74, 6) is -0.111. The van der Waals surface area contributed by atoms with Crippen molar-refractivity contribution in [1.29, 1.82) is 0 Å². The maximum absolute atomic E-state index is 12.7. The maximum atomic E-state index is 12.7. The van der Waals surface area contributed by atoms with Crippen molar-refractivity contribution in [2.75, 3.05) is 23.8 Å². The molecule has 0 unspecified atom stereocenters. The third-order valence-corrected chi connectivity index (χ3v) is 4.55. The zero-order valence-electron chi connectivity index (χ0n) is 18.2. The lowest BCUT2D eigenvalue weighted by molar-refractivity contribution is -0.384. The molecule has 0 fully saturated rings. The predicted octanol–water partition coefficient (Wildman–Crippen LogP) is 4.90. The van der Waals surface area contributed by atoms with Gasteiger partial charge in [-0.05, 0) is 38.1 Å². The van der Waals surface area contributed by atoms with E-state index in [1.54, 1.807) is 50.2 Å². The first-order valence-electron chi connectivity index (χ1n) is 10.3. The van der Waals surface area contributed by atoms with Crippen LogP contribution in [-0.2, 0) is 0 Å². The summed E-state index contributed by atoms with van der Waals surface area (Å²) >= 11 is 0. The average Bonchev–Trinajstić information content (AvgIpc) is 2.82. The van der Waals surface area contributed by atoms with Crippen LogP contribution < -0.4 is 20.1 Å². The quantitative estimate of drug-likeness (QED) is 0.354. The number of anilines is 2. The molecule has 2 N–H and O–H groups in total. The second kappa shape index (κ2) is 10.8. The molecule has 0 saturated heterocycles. The fraction of sp³-hybridized carbons (Fsp3) is 0.167. The van der Waals surface area contributed by atoms with Crippen molar-refractivity contribution in [2.24, 2.45) is 0 Å². The minimum atomic E-state index is -0.536. The van der Waals surface area contributed by atoms with Crippen molar-refractivity contribution in [3.63, 3.8) is 0 Å². The molecule has 170 valence electrons. The number of carbonyl (C=O) groups is 2. The SMILES string of the molecule is CCOc1cc(NC(=O)c2ccc([N+](=O)[O-])cc2)c(OCC)cc1NC(=O)c1ccccc1. The Morgan fingerprint density at radius 1 is 0.788 bits per heavy atom. The largest absolute Gasteiger partial charge is 0.492 e. The summed E-state index contributed by atoms with van der Waals surface area (Å²) in [5, 5.41) is 16.4. The van der Waals surface area contributed by atoms with Gasteiger partial charge in [0.1, 0.15) is 11.5 Å². The molecule has 2 amide bonds. The molecule has 0 atom stereocenters. The molecule has 0 radical (unpaired) electrons. The average molecular weight is 449 g/mol. The number of nitro benzene ring substituents is 1. The Labute approximate surface area is 190 Å². The number of hydrogen-bond acceptors (Lipinski definition) is 6. The summed E-state index contributed by atoms with van der Waals surface area (Å²) in [7, 11) is 0. The van der Waals surface area contributed by atoms with E-state index in [0.717, 1.165) is 0 Å². The fourth-order valence-electron chi connectivity index (χ4n) is 3.02. The van der Waals surface area contributed by atoms with E-state index in [1.165, 1.54) is 24.3 Å². The van der Waals surface area contributed by atoms with Crippen LogP contribution in [-0.4, -0.2) is 30.0 Å². The van der Waals surface area contributed by atoms with Gasteiger partial charge in [-0.15, -0.1) is 0 Å². The van der Waals surface area contributed by atoms with Crippen LogP contribution in [0.25, 0.3) is 0 Å². The first kappa shape index (κ1) is 23.3. The summed E-state index contributed by atoms with van der Waals surface area (Å²) in [5.41, 5.74) is 1.33. The molecule has 0 heterocycles. The summed E-state index contributed by atoms with van der Waals surface area (Å²) in [6.45, 7) is 4.24. The highest BCUT2D eigenvalue weighted by Crippen LogP contribution is 2.37. The van der Waals surface area contributed by atoms with Crippen molar-refractivity contribution in [3.05, 3.63) is 88.0 Å². The number of nitro groups is 1. The normalized spacial score (nSPS) is 10.2. The third-order valence-electron chi connectivity index (χ3n) is 4.55. The molecular weight excluding hydrogens is 426 g/mol. The molecule has 33 heavy (non-hydrogen) atoms. The number of nitrogens with zero attached hydrogens (tertiary/aromatic N) is 1. The van der Waals surface area contributed by atoms with E-state index in [-0.39, 0.29) is 17.2 Å². The summed E-state index contributed by atoms with van der Waals surface area (Å²) < 4.78 is 11.4. The van der Waals surface area contributed by atoms with Crippen LogP contribution in [0.4, 0.5) is 17.1 Å². The van der Waals surface area contributed by atoms with E-state index in [2.05, 4.69) is 10.6 Å². The van der Waals surface area contributed by atoms with Crippen LogP contribution in [0.5, 0.6) is 11.5 Å². The Kier molecular flexibility index (Phi) is 7.59. The second-order valence-corrected chi connectivity index (χ2v) is 6.79. The molecule has 3 rings (SSSR count). The molecule has 0 spiro atoms. The lowest BCUT2D eigenvalue weighted by Gasteiger charge is -2.18. The number of carbonyl (C=O) groups excluding carboxylic acids is 2. The molecule has 0 bridgehead atoms. The molecule has 3 aromatic rings. The standard InChI is InChI=1S/C24H23N3O6/c1-3-32-21-15-20(26-24(29)17-10-12-18(13-11-17)27(30)31)22(33-4-2)14-19(21)25-23(28)16-8-6-5-7-9-16/h5-15H,3-4H2,1-2H3,(H,25,28)(H,26,29). The number of non-ortho nitro benzene ring substituents is 1. The Morgan fingerprint density at radius 3 is 1.67 bits per heavy atom. The number of benzene rings is 3. The second-order valence-electron chi connectivity index (χ2n) is 6.79. The molecule has 0 aromatic heterocycles. The molecule has 0 aliphatic rings. The Balaban J connectivity index is 1.90. The summed E-state index contributed by atoms with van der Waals surface area (Å²) in [6.07, 6.45) is 0. The van der Waals surface area contributed by atoms with Gasteiger partial charge in [-0.25, -0.2) is 0 Å². The highest BCUT2D eigenvalue weighted by molar-refractivity contribution is 6.07. The van der Waals surface area contributed by atoms with Gasteiger partial charge < -0.3 is 20.1 Å². The minimum Gasteiger partial charge on any atom is -0.492 e. The minimum absolute atomic E-state index is 0.112. The van der Waals surface area contributed by atoms with Gasteiger partial charge in [0, 0.05) is 35.4 Å².